The molecule has 7 heteroatoms. The first-order valence-corrected chi connectivity index (χ1v) is 14.7. The van der Waals surface area contributed by atoms with Gasteiger partial charge in [-0.3, -0.25) is 9.59 Å². The first-order chi connectivity index (χ1) is 18.5. The Labute approximate surface area is 234 Å². The van der Waals surface area contributed by atoms with Gasteiger partial charge in [0.2, 0.25) is 11.8 Å². The number of hydrogen-bond donors (Lipinski definition) is 1. The molecule has 0 aliphatic heterocycles. The fraction of sp³-hybridized carbons (Fsp3) is 0.355. The second-order valence-electron chi connectivity index (χ2n) is 9.82. The number of nitrogens with zero attached hydrogens (tertiary/aromatic N) is 1. The Bertz CT molecular complexity index is 1190. The molecule has 2 amide bonds. The normalized spacial score (nSPS) is 14.6. The molecule has 0 saturated heterocycles. The summed E-state index contributed by atoms with van der Waals surface area (Å²) in [6, 6.07) is 23.1. The fourth-order valence-corrected chi connectivity index (χ4v) is 5.93. The second kappa shape index (κ2) is 14.4. The highest BCUT2D eigenvalue weighted by Gasteiger charge is 2.31. The van der Waals surface area contributed by atoms with Gasteiger partial charge in [-0.15, -0.1) is 11.8 Å². The highest BCUT2D eigenvalue weighted by molar-refractivity contribution is 7.99. The Balaban J connectivity index is 1.56. The third-order valence-corrected chi connectivity index (χ3v) is 8.10. The summed E-state index contributed by atoms with van der Waals surface area (Å²) in [4.78, 5) is 29.2. The summed E-state index contributed by atoms with van der Waals surface area (Å²) < 4.78 is 13.3. The van der Waals surface area contributed by atoms with Crippen LogP contribution in [0.15, 0.2) is 78.9 Å². The van der Waals surface area contributed by atoms with E-state index in [1.807, 2.05) is 48.5 Å². The van der Waals surface area contributed by atoms with Gasteiger partial charge in [0, 0.05) is 29.8 Å². The van der Waals surface area contributed by atoms with Crippen LogP contribution in [0.25, 0.3) is 0 Å². The van der Waals surface area contributed by atoms with Crippen molar-refractivity contribution in [3.05, 3.63) is 106 Å². The van der Waals surface area contributed by atoms with Crippen molar-refractivity contribution >= 4 is 35.2 Å². The zero-order valence-corrected chi connectivity index (χ0v) is 23.0. The molecule has 4 rings (SSSR count). The highest BCUT2D eigenvalue weighted by Crippen LogP contribution is 2.22. The quantitative estimate of drug-likeness (QED) is 0.284. The topological polar surface area (TPSA) is 49.4 Å². The minimum atomic E-state index is -0.655. The number of rotatable bonds is 11. The summed E-state index contributed by atoms with van der Waals surface area (Å²) in [6.45, 7) is 0.284. The number of carbonyl (C=O) groups is 2. The Morgan fingerprint density at radius 2 is 1.63 bits per heavy atom. The third kappa shape index (κ3) is 8.60. The molecule has 1 saturated carbocycles. The Kier molecular flexibility index (Phi) is 10.6. The van der Waals surface area contributed by atoms with Crippen LogP contribution < -0.4 is 5.32 Å². The summed E-state index contributed by atoms with van der Waals surface area (Å²) in [5.41, 5.74) is 2.82. The zero-order chi connectivity index (χ0) is 26.7. The molecule has 0 bridgehead atoms. The molecule has 0 aromatic heterocycles. The second-order valence-corrected chi connectivity index (χ2v) is 11.2. The molecule has 38 heavy (non-hydrogen) atoms. The van der Waals surface area contributed by atoms with Gasteiger partial charge in [0.25, 0.3) is 0 Å². The van der Waals surface area contributed by atoms with E-state index >= 15 is 0 Å². The standard InChI is InChI=1S/C31H34ClFN2O2S/c32-26-11-7-10-25(18-26)20-35(30(36)22-38-21-24-14-16-27(33)17-15-24)29(19-23-8-3-1-4-9-23)31(37)34-28-12-5-2-6-13-28/h1,3-4,7-11,14-18,28-29H,2,5-6,12-13,19-22H2,(H,34,37)/t29-/m0/s1. The number of carbonyl (C=O) groups excluding carboxylic acids is 2. The average molecular weight is 553 g/mol. The third-order valence-electron chi connectivity index (χ3n) is 6.87. The van der Waals surface area contributed by atoms with Crippen LogP contribution in [0.2, 0.25) is 5.02 Å². The van der Waals surface area contributed by atoms with Crippen LogP contribution in [0.5, 0.6) is 0 Å². The predicted molar refractivity (Wildman–Crippen MR) is 154 cm³/mol. The van der Waals surface area contributed by atoms with Crippen molar-refractivity contribution in [3.8, 4) is 0 Å². The fourth-order valence-electron chi connectivity index (χ4n) is 4.85. The molecule has 0 radical (unpaired) electrons. The van der Waals surface area contributed by atoms with Crippen molar-refractivity contribution in [3.63, 3.8) is 0 Å². The first-order valence-electron chi connectivity index (χ1n) is 13.2. The summed E-state index contributed by atoms with van der Waals surface area (Å²) in [7, 11) is 0. The molecule has 1 atom stereocenters. The molecular formula is C31H34ClFN2O2S. The van der Waals surface area contributed by atoms with Gasteiger partial charge in [-0.25, -0.2) is 4.39 Å². The lowest BCUT2D eigenvalue weighted by Crippen LogP contribution is -2.53. The molecule has 1 fully saturated rings. The molecule has 1 aliphatic rings. The molecule has 0 unspecified atom stereocenters. The number of amides is 2. The summed E-state index contributed by atoms with van der Waals surface area (Å²) in [5, 5.41) is 3.85. The smallest absolute Gasteiger partial charge is 0.243 e. The van der Waals surface area contributed by atoms with E-state index in [9.17, 15) is 14.0 Å². The summed E-state index contributed by atoms with van der Waals surface area (Å²) in [5.74, 6) is 0.279. The van der Waals surface area contributed by atoms with Crippen molar-refractivity contribution in [2.24, 2.45) is 0 Å². The van der Waals surface area contributed by atoms with Crippen LogP contribution in [0.3, 0.4) is 0 Å². The molecule has 1 aliphatic carbocycles. The summed E-state index contributed by atoms with van der Waals surface area (Å²) >= 11 is 7.72. The van der Waals surface area contributed by atoms with Gasteiger partial charge in [0.15, 0.2) is 0 Å². The van der Waals surface area contributed by atoms with Crippen LogP contribution in [-0.4, -0.2) is 34.6 Å². The Morgan fingerprint density at radius 1 is 0.921 bits per heavy atom. The van der Waals surface area contributed by atoms with Crippen molar-refractivity contribution in [1.82, 2.24) is 10.2 Å². The largest absolute Gasteiger partial charge is 0.352 e. The number of thioether (sulfide) groups is 1. The van der Waals surface area contributed by atoms with E-state index in [0.717, 1.165) is 42.4 Å². The highest BCUT2D eigenvalue weighted by atomic mass is 35.5. The van der Waals surface area contributed by atoms with E-state index in [1.54, 1.807) is 23.1 Å². The minimum absolute atomic E-state index is 0.111. The van der Waals surface area contributed by atoms with Gasteiger partial charge in [-0.1, -0.05) is 85.5 Å². The number of halogens is 2. The average Bonchev–Trinajstić information content (AvgIpc) is 2.93. The zero-order valence-electron chi connectivity index (χ0n) is 21.5. The Morgan fingerprint density at radius 3 is 2.34 bits per heavy atom. The maximum atomic E-state index is 13.8. The van der Waals surface area contributed by atoms with E-state index < -0.39 is 6.04 Å². The lowest BCUT2D eigenvalue weighted by molar-refractivity contribution is -0.139. The van der Waals surface area contributed by atoms with Crippen LogP contribution in [0.4, 0.5) is 4.39 Å². The van der Waals surface area contributed by atoms with Gasteiger partial charge in [-0.2, -0.15) is 0 Å². The Hall–Kier alpha value is -2.83. The van der Waals surface area contributed by atoms with Crippen LogP contribution in [0.1, 0.15) is 48.8 Å². The van der Waals surface area contributed by atoms with Crippen LogP contribution >= 0.6 is 23.4 Å². The maximum absolute atomic E-state index is 13.8. The molecule has 3 aromatic carbocycles. The number of nitrogens with one attached hydrogen (secondary N) is 1. The molecule has 0 heterocycles. The van der Waals surface area contributed by atoms with Crippen LogP contribution in [0, 0.1) is 5.82 Å². The van der Waals surface area contributed by atoms with E-state index in [2.05, 4.69) is 5.32 Å². The van der Waals surface area contributed by atoms with E-state index in [0.29, 0.717) is 17.2 Å². The van der Waals surface area contributed by atoms with Crippen molar-refractivity contribution < 1.29 is 14.0 Å². The molecular weight excluding hydrogens is 519 g/mol. The van der Waals surface area contributed by atoms with Crippen molar-refractivity contribution in [2.45, 2.75) is 62.9 Å². The maximum Gasteiger partial charge on any atom is 0.243 e. The number of hydrogen-bond acceptors (Lipinski definition) is 3. The first kappa shape index (κ1) is 28.2. The minimum Gasteiger partial charge on any atom is -0.352 e. The molecule has 4 nitrogen and oxygen atoms in total. The number of benzene rings is 3. The lowest BCUT2D eigenvalue weighted by Gasteiger charge is -2.33. The van der Waals surface area contributed by atoms with Gasteiger partial charge in [0.1, 0.15) is 11.9 Å². The van der Waals surface area contributed by atoms with Crippen LogP contribution in [-0.2, 0) is 28.3 Å². The summed E-state index contributed by atoms with van der Waals surface area (Å²) in [6.07, 6.45) is 5.79. The lowest BCUT2D eigenvalue weighted by atomic mass is 9.94. The van der Waals surface area contributed by atoms with Crippen molar-refractivity contribution in [1.29, 1.82) is 0 Å². The molecule has 200 valence electrons. The monoisotopic (exact) mass is 552 g/mol. The van der Waals surface area contributed by atoms with Gasteiger partial charge in [-0.05, 0) is 53.8 Å². The molecule has 0 spiro atoms. The molecule has 1 N–H and O–H groups in total. The van der Waals surface area contributed by atoms with E-state index in [4.69, 9.17) is 11.6 Å². The molecule has 3 aromatic rings. The SMILES string of the molecule is O=C(NC1CCCCC1)[C@H](Cc1ccccc1)N(Cc1cccc(Cl)c1)C(=O)CSCc1ccc(F)cc1. The van der Waals surface area contributed by atoms with Crippen molar-refractivity contribution in [2.75, 3.05) is 5.75 Å². The van der Waals surface area contributed by atoms with Gasteiger partial charge >= 0.3 is 0 Å². The van der Waals surface area contributed by atoms with Gasteiger partial charge in [0.05, 0.1) is 5.75 Å². The van der Waals surface area contributed by atoms with Gasteiger partial charge < -0.3 is 10.2 Å². The predicted octanol–water partition coefficient (Wildman–Crippen LogP) is 6.80. The van der Waals surface area contributed by atoms with E-state index in [-0.39, 0.29) is 36.0 Å². The van der Waals surface area contributed by atoms with E-state index in [1.165, 1.54) is 30.3 Å².